The fourth-order valence-electron chi connectivity index (χ4n) is 0.873. The largest absolute Gasteiger partial charge is 0.508 e. The quantitative estimate of drug-likeness (QED) is 0.784. The fraction of sp³-hybridized carbons (Fsp3) is 0.250. The molecule has 1 rings (SSSR count). The van der Waals surface area contributed by atoms with E-state index >= 15 is 0 Å². The molecule has 3 nitrogen and oxygen atoms in total. The van der Waals surface area contributed by atoms with E-state index in [0.29, 0.717) is 0 Å². The van der Waals surface area contributed by atoms with Crippen molar-refractivity contribution in [1.82, 2.24) is 0 Å². The van der Waals surface area contributed by atoms with Crippen molar-refractivity contribution in [2.45, 2.75) is 4.90 Å². The molecule has 0 heterocycles. The first kappa shape index (κ1) is 10.3. The Bertz CT molecular complexity index is 369. The monoisotopic (exact) mass is 220 g/mol. The summed E-state index contributed by atoms with van der Waals surface area (Å²) in [4.78, 5) is 0.186. The highest BCUT2D eigenvalue weighted by atomic mass is 35.5. The van der Waals surface area contributed by atoms with E-state index in [1.807, 2.05) is 0 Å². The molecule has 0 amide bonds. The summed E-state index contributed by atoms with van der Waals surface area (Å²) in [5.41, 5.74) is 0. The molecule has 13 heavy (non-hydrogen) atoms. The minimum Gasteiger partial charge on any atom is -0.508 e. The molecule has 0 aliphatic rings. The zero-order valence-electron chi connectivity index (χ0n) is 6.77. The number of phenols is 1. The lowest BCUT2D eigenvalue weighted by Crippen LogP contribution is -2.07. The number of hydrogen-bond donors (Lipinski definition) is 1. The minimum absolute atomic E-state index is 0.0461. The third-order valence-electron chi connectivity index (χ3n) is 1.54. The van der Waals surface area contributed by atoms with Gasteiger partial charge in [0.1, 0.15) is 5.75 Å². The van der Waals surface area contributed by atoms with Gasteiger partial charge in [0.05, 0.1) is 10.6 Å². The van der Waals surface area contributed by atoms with E-state index in [9.17, 15) is 8.42 Å². The molecule has 1 aromatic carbocycles. The summed E-state index contributed by atoms with van der Waals surface area (Å²) in [5.74, 6) is 0.0348. The van der Waals surface area contributed by atoms with E-state index in [2.05, 4.69) is 0 Å². The first-order valence-corrected chi connectivity index (χ1v) is 5.83. The Morgan fingerprint density at radius 1 is 1.23 bits per heavy atom. The third kappa shape index (κ3) is 2.60. The van der Waals surface area contributed by atoms with E-state index in [1.54, 1.807) is 0 Å². The molecule has 0 bridgehead atoms. The van der Waals surface area contributed by atoms with Crippen LogP contribution in [0.5, 0.6) is 5.75 Å². The van der Waals surface area contributed by atoms with Crippen LogP contribution in [0, 0.1) is 0 Å². The van der Waals surface area contributed by atoms with Gasteiger partial charge in [-0.1, -0.05) is 0 Å². The highest BCUT2D eigenvalue weighted by molar-refractivity contribution is 7.91. The van der Waals surface area contributed by atoms with Gasteiger partial charge in [-0.2, -0.15) is 0 Å². The van der Waals surface area contributed by atoms with Crippen LogP contribution in [-0.2, 0) is 9.84 Å². The average Bonchev–Trinajstić information content (AvgIpc) is 2.05. The summed E-state index contributed by atoms with van der Waals surface area (Å²) in [6.45, 7) is 0. The Labute approximate surface area is 81.9 Å². The normalized spacial score (nSPS) is 11.5. The van der Waals surface area contributed by atoms with Crippen LogP contribution >= 0.6 is 11.6 Å². The fourth-order valence-corrected chi connectivity index (χ4v) is 2.47. The first-order valence-electron chi connectivity index (χ1n) is 3.64. The topological polar surface area (TPSA) is 54.4 Å². The highest BCUT2D eigenvalue weighted by Crippen LogP contribution is 2.15. The summed E-state index contributed by atoms with van der Waals surface area (Å²) >= 11 is 5.34. The van der Waals surface area contributed by atoms with Crippen LogP contribution in [0.25, 0.3) is 0 Å². The molecular formula is C8H9ClO3S. The highest BCUT2D eigenvalue weighted by Gasteiger charge is 2.12. The zero-order chi connectivity index (χ0) is 9.90. The predicted molar refractivity (Wildman–Crippen MR) is 50.9 cm³/mol. The van der Waals surface area contributed by atoms with Gasteiger partial charge in [-0.25, -0.2) is 8.42 Å². The summed E-state index contributed by atoms with van der Waals surface area (Å²) in [5, 5.41) is 8.93. The molecule has 0 atom stereocenters. The van der Waals surface area contributed by atoms with Crippen molar-refractivity contribution in [3.8, 4) is 5.75 Å². The maximum atomic E-state index is 11.4. The Balaban J connectivity index is 3.02. The molecule has 1 N–H and O–H groups in total. The molecule has 0 radical (unpaired) electrons. The van der Waals surface area contributed by atoms with Gasteiger partial charge >= 0.3 is 0 Å². The van der Waals surface area contributed by atoms with Crippen LogP contribution in [0.15, 0.2) is 29.2 Å². The van der Waals surface area contributed by atoms with Crippen molar-refractivity contribution < 1.29 is 13.5 Å². The van der Waals surface area contributed by atoms with Gasteiger partial charge in [-0.3, -0.25) is 0 Å². The molecule has 0 unspecified atom stereocenters. The maximum absolute atomic E-state index is 11.4. The van der Waals surface area contributed by atoms with E-state index in [4.69, 9.17) is 16.7 Å². The molecule has 5 heteroatoms. The summed E-state index contributed by atoms with van der Waals surface area (Å²) in [7, 11) is -3.27. The second-order valence-electron chi connectivity index (χ2n) is 2.50. The van der Waals surface area contributed by atoms with Gasteiger partial charge in [-0.15, -0.1) is 11.6 Å². The molecular weight excluding hydrogens is 212 g/mol. The number of sulfone groups is 1. The van der Waals surface area contributed by atoms with Gasteiger partial charge in [0.25, 0.3) is 0 Å². The van der Waals surface area contributed by atoms with Crippen molar-refractivity contribution >= 4 is 21.4 Å². The number of hydrogen-bond acceptors (Lipinski definition) is 3. The predicted octanol–water partition coefficient (Wildman–Crippen LogP) is 1.40. The van der Waals surface area contributed by atoms with Crippen LogP contribution in [0.3, 0.4) is 0 Å². The number of alkyl halides is 1. The van der Waals surface area contributed by atoms with Gasteiger partial charge in [0, 0.05) is 5.88 Å². The Kier molecular flexibility index (Phi) is 3.17. The van der Waals surface area contributed by atoms with E-state index in [1.165, 1.54) is 24.3 Å². The van der Waals surface area contributed by atoms with Crippen molar-refractivity contribution in [2.24, 2.45) is 0 Å². The number of benzene rings is 1. The summed E-state index contributed by atoms with van der Waals surface area (Å²) < 4.78 is 22.8. The Hall–Kier alpha value is -0.740. The van der Waals surface area contributed by atoms with Crippen molar-refractivity contribution in [3.63, 3.8) is 0 Å². The molecule has 0 saturated carbocycles. The molecule has 0 saturated heterocycles. The number of rotatable bonds is 3. The molecule has 0 aliphatic carbocycles. The minimum atomic E-state index is -3.27. The van der Waals surface area contributed by atoms with E-state index in [-0.39, 0.29) is 22.3 Å². The van der Waals surface area contributed by atoms with Gasteiger partial charge in [0.2, 0.25) is 0 Å². The lowest BCUT2D eigenvalue weighted by atomic mass is 10.3. The van der Waals surface area contributed by atoms with Crippen LogP contribution < -0.4 is 0 Å². The number of aromatic hydroxyl groups is 1. The molecule has 0 fully saturated rings. The molecule has 0 aromatic heterocycles. The number of halogens is 1. The van der Waals surface area contributed by atoms with Gasteiger partial charge < -0.3 is 5.11 Å². The third-order valence-corrected chi connectivity index (χ3v) is 3.69. The SMILES string of the molecule is O=S(=O)(CCCl)c1ccc(O)cc1. The van der Waals surface area contributed by atoms with Crippen molar-refractivity contribution in [1.29, 1.82) is 0 Å². The van der Waals surface area contributed by atoms with Crippen LogP contribution in [0.2, 0.25) is 0 Å². The van der Waals surface area contributed by atoms with Gasteiger partial charge in [0.15, 0.2) is 9.84 Å². The average molecular weight is 221 g/mol. The second-order valence-corrected chi connectivity index (χ2v) is 4.99. The Morgan fingerprint density at radius 3 is 2.23 bits per heavy atom. The first-order chi connectivity index (χ1) is 6.06. The van der Waals surface area contributed by atoms with Crippen LogP contribution in [0.4, 0.5) is 0 Å². The molecule has 0 aliphatic heterocycles. The maximum Gasteiger partial charge on any atom is 0.179 e. The smallest absolute Gasteiger partial charge is 0.179 e. The van der Waals surface area contributed by atoms with E-state index in [0.717, 1.165) is 0 Å². The summed E-state index contributed by atoms with van der Waals surface area (Å²) in [6.07, 6.45) is 0. The van der Waals surface area contributed by atoms with Gasteiger partial charge in [-0.05, 0) is 24.3 Å². The molecule has 1 aromatic rings. The standard InChI is InChI=1S/C8H9ClO3S/c9-5-6-13(11,12)8-3-1-7(10)2-4-8/h1-4,10H,5-6H2. The molecule has 72 valence electrons. The van der Waals surface area contributed by atoms with Crippen molar-refractivity contribution in [2.75, 3.05) is 11.6 Å². The zero-order valence-corrected chi connectivity index (χ0v) is 8.35. The van der Waals surface area contributed by atoms with Crippen LogP contribution in [-0.4, -0.2) is 25.2 Å². The lowest BCUT2D eigenvalue weighted by Gasteiger charge is -2.01. The molecule has 0 spiro atoms. The lowest BCUT2D eigenvalue weighted by molar-refractivity contribution is 0.475. The second kappa shape index (κ2) is 3.98. The summed E-state index contributed by atoms with van der Waals surface area (Å²) in [6, 6.07) is 5.39. The Morgan fingerprint density at radius 2 is 1.77 bits per heavy atom. The van der Waals surface area contributed by atoms with Crippen molar-refractivity contribution in [3.05, 3.63) is 24.3 Å². The van der Waals surface area contributed by atoms with E-state index < -0.39 is 9.84 Å². The van der Waals surface area contributed by atoms with Crippen LogP contribution in [0.1, 0.15) is 0 Å². The number of phenolic OH excluding ortho intramolecular Hbond substituents is 1.